The third-order valence-electron chi connectivity index (χ3n) is 5.28. The van der Waals surface area contributed by atoms with Crippen LogP contribution < -0.4 is 10.2 Å². The minimum atomic E-state index is -3.66. The highest BCUT2D eigenvalue weighted by atomic mass is 32.2. The number of nitrogens with one attached hydrogen (secondary N) is 1. The van der Waals surface area contributed by atoms with Gasteiger partial charge in [-0.3, -0.25) is 14.5 Å². The van der Waals surface area contributed by atoms with Crippen LogP contribution in [0.1, 0.15) is 37.8 Å². The predicted molar refractivity (Wildman–Crippen MR) is 115 cm³/mol. The fourth-order valence-electron chi connectivity index (χ4n) is 3.75. The van der Waals surface area contributed by atoms with Crippen molar-refractivity contribution in [2.45, 2.75) is 43.4 Å². The van der Waals surface area contributed by atoms with Crippen LogP contribution in [-0.2, 0) is 26.0 Å². The van der Waals surface area contributed by atoms with Crippen LogP contribution in [0, 0.1) is 0 Å². The van der Waals surface area contributed by atoms with Gasteiger partial charge in [-0.2, -0.15) is 4.31 Å². The molecule has 160 valence electrons. The van der Waals surface area contributed by atoms with E-state index in [9.17, 15) is 18.0 Å². The lowest BCUT2D eigenvalue weighted by molar-refractivity contribution is -0.117. The Labute approximate surface area is 180 Å². The van der Waals surface area contributed by atoms with Crippen molar-refractivity contribution in [1.29, 1.82) is 0 Å². The maximum absolute atomic E-state index is 13.1. The van der Waals surface area contributed by atoms with Crippen molar-refractivity contribution in [1.82, 2.24) is 9.29 Å². The molecule has 0 atom stereocenters. The zero-order chi connectivity index (χ0) is 21.1. The third kappa shape index (κ3) is 4.40. The molecule has 2 aromatic rings. The van der Waals surface area contributed by atoms with Gasteiger partial charge >= 0.3 is 0 Å². The molecule has 4 rings (SSSR count). The zero-order valence-electron chi connectivity index (χ0n) is 16.5. The number of carbonyl (C=O) groups excluding carboxylic acids is 2. The number of carbonyl (C=O) groups is 2. The van der Waals surface area contributed by atoms with Crippen LogP contribution in [0.5, 0.6) is 0 Å². The van der Waals surface area contributed by atoms with Gasteiger partial charge in [-0.1, -0.05) is 18.6 Å². The lowest BCUT2D eigenvalue weighted by Crippen LogP contribution is -2.36. The Morgan fingerprint density at radius 2 is 1.87 bits per heavy atom. The predicted octanol–water partition coefficient (Wildman–Crippen LogP) is 2.63. The van der Waals surface area contributed by atoms with Gasteiger partial charge in [-0.25, -0.2) is 13.4 Å². The molecule has 0 saturated carbocycles. The van der Waals surface area contributed by atoms with Gasteiger partial charge in [0.15, 0.2) is 5.13 Å². The number of para-hydroxylation sites is 1. The number of anilines is 2. The number of rotatable bonds is 6. The fraction of sp³-hybridized carbons (Fsp3) is 0.450. The summed E-state index contributed by atoms with van der Waals surface area (Å²) in [6, 6.07) is 6.49. The number of benzene rings is 1. The van der Waals surface area contributed by atoms with Crippen molar-refractivity contribution in [3.8, 4) is 0 Å². The van der Waals surface area contributed by atoms with Crippen LogP contribution in [-0.4, -0.2) is 49.2 Å². The standard InChI is InChI=1S/C20H24N4O4S2/c25-18(13-15-14-29-20(21-15)24-12-6-9-19(24)26)22-16-7-2-3-8-17(16)30(27,28)23-10-4-1-5-11-23/h2-3,7-8,14H,1,4-6,9-13H2,(H,22,25). The molecular weight excluding hydrogens is 424 g/mol. The van der Waals surface area contributed by atoms with Gasteiger partial charge in [-0.05, 0) is 31.4 Å². The average molecular weight is 449 g/mol. The molecule has 0 unspecified atom stereocenters. The van der Waals surface area contributed by atoms with Gasteiger partial charge in [-0.15, -0.1) is 11.3 Å². The number of sulfonamides is 1. The first kappa shape index (κ1) is 21.0. The van der Waals surface area contributed by atoms with Crippen molar-refractivity contribution >= 4 is 44.0 Å². The molecule has 2 amide bonds. The van der Waals surface area contributed by atoms with Gasteiger partial charge in [0.05, 0.1) is 17.8 Å². The number of amides is 2. The number of piperidine rings is 1. The summed E-state index contributed by atoms with van der Waals surface area (Å²) >= 11 is 1.34. The highest BCUT2D eigenvalue weighted by Gasteiger charge is 2.29. The van der Waals surface area contributed by atoms with Crippen LogP contribution in [0.4, 0.5) is 10.8 Å². The molecule has 0 aliphatic carbocycles. The largest absolute Gasteiger partial charge is 0.325 e. The van der Waals surface area contributed by atoms with E-state index in [0.717, 1.165) is 25.7 Å². The van der Waals surface area contributed by atoms with E-state index in [1.165, 1.54) is 21.7 Å². The lowest BCUT2D eigenvalue weighted by Gasteiger charge is -2.26. The smallest absolute Gasteiger partial charge is 0.245 e. The van der Waals surface area contributed by atoms with Crippen LogP contribution in [0.2, 0.25) is 0 Å². The van der Waals surface area contributed by atoms with Gasteiger partial charge < -0.3 is 5.32 Å². The van der Waals surface area contributed by atoms with Gasteiger partial charge in [0, 0.05) is 31.4 Å². The van der Waals surface area contributed by atoms with Gasteiger partial charge in [0.25, 0.3) is 0 Å². The molecule has 3 heterocycles. The van der Waals surface area contributed by atoms with Crippen molar-refractivity contribution in [2.24, 2.45) is 0 Å². The van der Waals surface area contributed by atoms with Crippen LogP contribution in [0.3, 0.4) is 0 Å². The summed E-state index contributed by atoms with van der Waals surface area (Å²) in [4.78, 5) is 30.6. The molecule has 2 saturated heterocycles. The summed E-state index contributed by atoms with van der Waals surface area (Å²) in [7, 11) is -3.66. The summed E-state index contributed by atoms with van der Waals surface area (Å²) < 4.78 is 27.6. The molecule has 10 heteroatoms. The molecule has 1 N–H and O–H groups in total. The van der Waals surface area contributed by atoms with Crippen molar-refractivity contribution < 1.29 is 18.0 Å². The van der Waals surface area contributed by atoms with Gasteiger partial charge in [0.1, 0.15) is 4.90 Å². The normalized spacial score (nSPS) is 18.0. The molecular formula is C20H24N4O4S2. The van der Waals surface area contributed by atoms with Crippen molar-refractivity contribution in [3.63, 3.8) is 0 Å². The van der Waals surface area contributed by atoms with E-state index in [-0.39, 0.29) is 28.8 Å². The number of thiazole rings is 1. The van der Waals surface area contributed by atoms with Crippen LogP contribution >= 0.6 is 11.3 Å². The number of hydrogen-bond donors (Lipinski definition) is 1. The van der Waals surface area contributed by atoms with E-state index in [2.05, 4.69) is 10.3 Å². The molecule has 2 fully saturated rings. The third-order valence-corrected chi connectivity index (χ3v) is 8.15. The topological polar surface area (TPSA) is 99.7 Å². The first-order chi connectivity index (χ1) is 14.4. The van der Waals surface area contributed by atoms with E-state index in [1.807, 2.05) is 0 Å². The molecule has 0 bridgehead atoms. The molecule has 8 nitrogen and oxygen atoms in total. The van der Waals surface area contributed by atoms with Gasteiger partial charge in [0.2, 0.25) is 21.8 Å². The molecule has 0 spiro atoms. The highest BCUT2D eigenvalue weighted by Crippen LogP contribution is 2.28. The maximum Gasteiger partial charge on any atom is 0.245 e. The quantitative estimate of drug-likeness (QED) is 0.732. The monoisotopic (exact) mass is 448 g/mol. The zero-order valence-corrected chi connectivity index (χ0v) is 18.2. The van der Waals surface area contributed by atoms with Crippen molar-refractivity contribution in [3.05, 3.63) is 35.3 Å². The Hall–Kier alpha value is -2.30. The number of hydrogen-bond acceptors (Lipinski definition) is 6. The summed E-state index contributed by atoms with van der Waals surface area (Å²) in [5.74, 6) is -0.293. The van der Waals surface area contributed by atoms with E-state index < -0.39 is 10.0 Å². The van der Waals surface area contributed by atoms with Crippen LogP contribution in [0.25, 0.3) is 0 Å². The minimum Gasteiger partial charge on any atom is -0.325 e. The van der Waals surface area contributed by atoms with E-state index in [1.54, 1.807) is 28.5 Å². The Kier molecular flexibility index (Phi) is 6.16. The van der Waals surface area contributed by atoms with E-state index in [4.69, 9.17) is 0 Å². The molecule has 2 aliphatic heterocycles. The Bertz CT molecular complexity index is 1040. The highest BCUT2D eigenvalue weighted by molar-refractivity contribution is 7.89. The summed E-state index contributed by atoms with van der Waals surface area (Å²) in [5, 5.41) is 5.10. The SMILES string of the molecule is O=C(Cc1csc(N2CCCC2=O)n1)Nc1ccccc1S(=O)(=O)N1CCCCC1. The Morgan fingerprint density at radius 1 is 1.10 bits per heavy atom. The minimum absolute atomic E-state index is 0.0105. The second-order valence-electron chi connectivity index (χ2n) is 7.46. The molecule has 30 heavy (non-hydrogen) atoms. The average Bonchev–Trinajstić information content (AvgIpc) is 3.37. The van der Waals surface area contributed by atoms with E-state index in [0.29, 0.717) is 36.9 Å². The Balaban J connectivity index is 1.46. The summed E-state index contributed by atoms with van der Waals surface area (Å²) in [5.41, 5.74) is 0.835. The van der Waals surface area contributed by atoms with Crippen molar-refractivity contribution in [2.75, 3.05) is 29.9 Å². The number of nitrogens with zero attached hydrogens (tertiary/aromatic N) is 3. The fourth-order valence-corrected chi connectivity index (χ4v) is 6.28. The first-order valence-corrected chi connectivity index (χ1v) is 12.4. The molecule has 2 aliphatic rings. The second kappa shape index (κ2) is 8.83. The lowest BCUT2D eigenvalue weighted by atomic mass is 10.2. The first-order valence-electron chi connectivity index (χ1n) is 10.1. The van der Waals surface area contributed by atoms with E-state index >= 15 is 0 Å². The maximum atomic E-state index is 13.1. The molecule has 0 radical (unpaired) electrons. The summed E-state index contributed by atoms with van der Waals surface area (Å²) in [6.45, 7) is 1.66. The number of aromatic nitrogens is 1. The second-order valence-corrected chi connectivity index (χ2v) is 10.2. The summed E-state index contributed by atoms with van der Waals surface area (Å²) in [6.07, 6.45) is 4.08. The van der Waals surface area contributed by atoms with Crippen LogP contribution in [0.15, 0.2) is 34.5 Å². The molecule has 1 aromatic carbocycles. The Morgan fingerprint density at radius 3 is 2.60 bits per heavy atom. The molecule has 1 aromatic heterocycles.